The van der Waals surface area contributed by atoms with Crippen LogP contribution in [0.25, 0.3) is 0 Å². The molecule has 2 N–H and O–H groups in total. The lowest BCUT2D eigenvalue weighted by atomic mass is 10.1. The van der Waals surface area contributed by atoms with Crippen LogP contribution in [-0.2, 0) is 0 Å². The molecular formula is C12H14ClNO2. The van der Waals surface area contributed by atoms with Crippen molar-refractivity contribution in [2.24, 2.45) is 5.73 Å². The van der Waals surface area contributed by atoms with E-state index in [-0.39, 0.29) is 6.04 Å². The van der Waals surface area contributed by atoms with E-state index in [1.807, 2.05) is 12.1 Å². The summed E-state index contributed by atoms with van der Waals surface area (Å²) in [7, 11) is 0. The molecule has 1 fully saturated rings. The van der Waals surface area contributed by atoms with Gasteiger partial charge in [-0.25, -0.2) is 0 Å². The first-order valence-electron chi connectivity index (χ1n) is 5.60. The lowest BCUT2D eigenvalue weighted by molar-refractivity contribution is 0.297. The zero-order chi connectivity index (χ0) is 11.1. The van der Waals surface area contributed by atoms with Crippen molar-refractivity contribution in [1.82, 2.24) is 0 Å². The second kappa shape index (κ2) is 3.82. The van der Waals surface area contributed by atoms with Crippen LogP contribution in [0.1, 0.15) is 24.3 Å². The van der Waals surface area contributed by atoms with Crippen molar-refractivity contribution in [3.05, 3.63) is 22.7 Å². The predicted octanol–water partition coefficient (Wildman–Crippen LogP) is 2.32. The van der Waals surface area contributed by atoms with Gasteiger partial charge in [-0.15, -0.1) is 0 Å². The van der Waals surface area contributed by atoms with Crippen LogP contribution in [0.15, 0.2) is 12.1 Å². The van der Waals surface area contributed by atoms with Gasteiger partial charge >= 0.3 is 0 Å². The molecule has 2 atom stereocenters. The molecule has 0 saturated heterocycles. The van der Waals surface area contributed by atoms with E-state index < -0.39 is 0 Å². The zero-order valence-corrected chi connectivity index (χ0v) is 9.67. The Morgan fingerprint density at radius 2 is 2.00 bits per heavy atom. The Morgan fingerprint density at radius 1 is 1.25 bits per heavy atom. The molecular weight excluding hydrogens is 226 g/mol. The molecule has 2 unspecified atom stereocenters. The summed E-state index contributed by atoms with van der Waals surface area (Å²) in [6.45, 7) is 1.35. The Labute approximate surface area is 99.5 Å². The van der Waals surface area contributed by atoms with E-state index in [2.05, 4.69) is 0 Å². The number of fused-ring (bicyclic) bond motifs is 1. The molecule has 16 heavy (non-hydrogen) atoms. The molecule has 1 heterocycles. The monoisotopic (exact) mass is 239 g/mol. The summed E-state index contributed by atoms with van der Waals surface area (Å²) in [6, 6.07) is 4.25. The number of nitrogens with two attached hydrogens (primary N) is 1. The topological polar surface area (TPSA) is 44.5 Å². The van der Waals surface area contributed by atoms with E-state index in [9.17, 15) is 0 Å². The minimum Gasteiger partial charge on any atom is -0.489 e. The summed E-state index contributed by atoms with van der Waals surface area (Å²) >= 11 is 6.19. The molecule has 3 nitrogen and oxygen atoms in total. The average molecular weight is 240 g/mol. The van der Waals surface area contributed by atoms with Gasteiger partial charge in [0.25, 0.3) is 0 Å². The zero-order valence-electron chi connectivity index (χ0n) is 8.91. The maximum Gasteiger partial charge on any atom is 0.179 e. The third-order valence-corrected chi connectivity index (χ3v) is 3.37. The van der Waals surface area contributed by atoms with Crippen LogP contribution in [0.2, 0.25) is 5.02 Å². The lowest BCUT2D eigenvalue weighted by Crippen LogP contribution is -2.01. The summed E-state index contributed by atoms with van der Waals surface area (Å²) in [6.07, 6.45) is 1.93. The van der Waals surface area contributed by atoms with Gasteiger partial charge in [0.05, 0.1) is 18.2 Å². The number of ether oxygens (including phenoxy) is 2. The van der Waals surface area contributed by atoms with Crippen molar-refractivity contribution in [2.75, 3.05) is 13.2 Å². The maximum absolute atomic E-state index is 6.19. The summed E-state index contributed by atoms with van der Waals surface area (Å²) in [4.78, 5) is 0. The first-order chi connectivity index (χ1) is 7.75. The smallest absolute Gasteiger partial charge is 0.179 e. The fourth-order valence-corrected chi connectivity index (χ4v) is 2.34. The third-order valence-electron chi connectivity index (χ3n) is 3.09. The SMILES string of the molecule is NC1CC1c1cc(Cl)c2c(c1)OCCCO2. The fraction of sp³-hybridized carbons (Fsp3) is 0.500. The van der Waals surface area contributed by atoms with Crippen molar-refractivity contribution in [2.45, 2.75) is 24.8 Å². The maximum atomic E-state index is 6.19. The highest BCUT2D eigenvalue weighted by molar-refractivity contribution is 6.32. The second-order valence-corrected chi connectivity index (χ2v) is 4.79. The number of hydrogen-bond donors (Lipinski definition) is 1. The van der Waals surface area contributed by atoms with Crippen LogP contribution in [0.5, 0.6) is 11.5 Å². The molecule has 1 aromatic rings. The van der Waals surface area contributed by atoms with Crippen molar-refractivity contribution in [3.63, 3.8) is 0 Å². The quantitative estimate of drug-likeness (QED) is 0.818. The van der Waals surface area contributed by atoms with Crippen molar-refractivity contribution in [3.8, 4) is 11.5 Å². The number of benzene rings is 1. The molecule has 0 radical (unpaired) electrons. The highest BCUT2D eigenvalue weighted by atomic mass is 35.5. The largest absolute Gasteiger partial charge is 0.489 e. The molecule has 4 heteroatoms. The first kappa shape index (κ1) is 10.2. The number of rotatable bonds is 1. The summed E-state index contributed by atoms with van der Waals surface area (Å²) in [5.41, 5.74) is 7.01. The van der Waals surface area contributed by atoms with Crippen molar-refractivity contribution >= 4 is 11.6 Å². The minimum atomic E-state index is 0.279. The Balaban J connectivity index is 1.99. The Bertz CT molecular complexity index is 422. The van der Waals surface area contributed by atoms with Gasteiger partial charge in [0, 0.05) is 18.4 Å². The molecule has 0 bridgehead atoms. The van der Waals surface area contributed by atoms with E-state index in [0.29, 0.717) is 29.9 Å². The van der Waals surface area contributed by atoms with E-state index in [1.165, 1.54) is 5.56 Å². The van der Waals surface area contributed by atoms with Gasteiger partial charge in [-0.05, 0) is 24.1 Å². The van der Waals surface area contributed by atoms with E-state index in [0.717, 1.165) is 18.6 Å². The van der Waals surface area contributed by atoms with Gasteiger partial charge in [-0.1, -0.05) is 11.6 Å². The van der Waals surface area contributed by atoms with Crippen LogP contribution in [-0.4, -0.2) is 19.3 Å². The van der Waals surface area contributed by atoms with Crippen LogP contribution in [0.4, 0.5) is 0 Å². The summed E-state index contributed by atoms with van der Waals surface area (Å²) in [5.74, 6) is 1.88. The van der Waals surface area contributed by atoms with Crippen LogP contribution in [0.3, 0.4) is 0 Å². The van der Waals surface area contributed by atoms with Gasteiger partial charge in [0.1, 0.15) is 0 Å². The Morgan fingerprint density at radius 3 is 2.75 bits per heavy atom. The highest BCUT2D eigenvalue weighted by Crippen LogP contribution is 2.45. The predicted molar refractivity (Wildman–Crippen MR) is 62.4 cm³/mol. The fourth-order valence-electron chi connectivity index (χ4n) is 2.06. The lowest BCUT2D eigenvalue weighted by Gasteiger charge is -2.11. The molecule has 1 aliphatic heterocycles. The molecule has 1 aromatic carbocycles. The molecule has 1 aliphatic carbocycles. The minimum absolute atomic E-state index is 0.279. The first-order valence-corrected chi connectivity index (χ1v) is 5.98. The van der Waals surface area contributed by atoms with E-state index >= 15 is 0 Å². The summed E-state index contributed by atoms with van der Waals surface area (Å²) in [5, 5.41) is 0.633. The van der Waals surface area contributed by atoms with E-state index in [4.69, 9.17) is 26.8 Å². The molecule has 1 saturated carbocycles. The van der Waals surface area contributed by atoms with Gasteiger partial charge in [-0.2, -0.15) is 0 Å². The Kier molecular flexibility index (Phi) is 2.45. The van der Waals surface area contributed by atoms with Crippen LogP contribution >= 0.6 is 11.6 Å². The van der Waals surface area contributed by atoms with Crippen molar-refractivity contribution in [1.29, 1.82) is 0 Å². The number of hydrogen-bond acceptors (Lipinski definition) is 3. The second-order valence-electron chi connectivity index (χ2n) is 4.39. The molecule has 2 aliphatic rings. The van der Waals surface area contributed by atoms with Gasteiger partial charge in [0.15, 0.2) is 11.5 Å². The van der Waals surface area contributed by atoms with Gasteiger partial charge in [-0.3, -0.25) is 0 Å². The highest BCUT2D eigenvalue weighted by Gasteiger charge is 2.36. The van der Waals surface area contributed by atoms with Crippen molar-refractivity contribution < 1.29 is 9.47 Å². The Hall–Kier alpha value is -0.930. The molecule has 0 amide bonds. The number of halogens is 1. The van der Waals surface area contributed by atoms with Crippen LogP contribution < -0.4 is 15.2 Å². The molecule has 3 rings (SSSR count). The molecule has 86 valence electrons. The van der Waals surface area contributed by atoms with Gasteiger partial charge in [0.2, 0.25) is 0 Å². The standard InChI is InChI=1S/C12H14ClNO2/c13-9-4-7(8-6-10(8)14)5-11-12(9)16-3-1-2-15-11/h4-5,8,10H,1-3,6,14H2. The molecule has 0 spiro atoms. The van der Waals surface area contributed by atoms with Gasteiger partial charge < -0.3 is 15.2 Å². The summed E-state index contributed by atoms with van der Waals surface area (Å²) < 4.78 is 11.2. The van der Waals surface area contributed by atoms with E-state index in [1.54, 1.807) is 0 Å². The average Bonchev–Trinajstić information content (AvgIpc) is 3.00. The molecule has 0 aromatic heterocycles. The third kappa shape index (κ3) is 1.74. The van der Waals surface area contributed by atoms with Crippen LogP contribution in [0, 0.1) is 0 Å². The normalized spacial score (nSPS) is 27.4.